The van der Waals surface area contributed by atoms with Crippen molar-refractivity contribution in [2.24, 2.45) is 11.8 Å². The second-order valence-corrected chi connectivity index (χ2v) is 5.73. The maximum absolute atomic E-state index is 12.0. The SMILES string of the molecule is CCOC(=O)C(C(C)=O)C(=O)CCCCC(=O)C(C(C)=O)C(=O)OCC. The van der Waals surface area contributed by atoms with Crippen LogP contribution in [0.5, 0.6) is 0 Å². The minimum Gasteiger partial charge on any atom is -0.465 e. The lowest BCUT2D eigenvalue weighted by atomic mass is 9.93. The minimum absolute atomic E-state index is 0.0602. The summed E-state index contributed by atoms with van der Waals surface area (Å²) in [5.74, 6) is -6.98. The minimum atomic E-state index is -1.45. The zero-order valence-corrected chi connectivity index (χ0v) is 15.7. The van der Waals surface area contributed by atoms with Gasteiger partial charge in [0.15, 0.2) is 35.0 Å². The average molecular weight is 370 g/mol. The molecule has 26 heavy (non-hydrogen) atoms. The van der Waals surface area contributed by atoms with Crippen molar-refractivity contribution < 1.29 is 38.2 Å². The highest BCUT2D eigenvalue weighted by Gasteiger charge is 2.33. The van der Waals surface area contributed by atoms with E-state index in [4.69, 9.17) is 9.47 Å². The number of esters is 2. The highest BCUT2D eigenvalue weighted by molar-refractivity contribution is 6.17. The molecule has 0 amide bonds. The van der Waals surface area contributed by atoms with Crippen molar-refractivity contribution in [2.45, 2.75) is 53.4 Å². The molecule has 2 unspecified atom stereocenters. The first kappa shape index (κ1) is 23.6. The van der Waals surface area contributed by atoms with Crippen LogP contribution in [-0.2, 0) is 38.2 Å². The molecule has 0 aliphatic heterocycles. The molecule has 0 aliphatic rings. The first-order valence-electron chi connectivity index (χ1n) is 8.56. The number of ether oxygens (including phenoxy) is 2. The molecule has 0 saturated carbocycles. The monoisotopic (exact) mass is 370 g/mol. The lowest BCUT2D eigenvalue weighted by molar-refractivity contribution is -0.157. The number of unbranched alkanes of at least 4 members (excludes halogenated alkanes) is 1. The molecule has 8 heteroatoms. The van der Waals surface area contributed by atoms with E-state index in [1.807, 2.05) is 0 Å². The summed E-state index contributed by atoms with van der Waals surface area (Å²) in [6, 6.07) is 0. The van der Waals surface area contributed by atoms with Crippen molar-refractivity contribution in [3.05, 3.63) is 0 Å². The van der Waals surface area contributed by atoms with Crippen molar-refractivity contribution in [3.8, 4) is 0 Å². The Labute approximate surface area is 152 Å². The molecule has 0 aromatic heterocycles. The first-order chi connectivity index (χ1) is 12.2. The maximum Gasteiger partial charge on any atom is 0.324 e. The summed E-state index contributed by atoms with van der Waals surface area (Å²) in [5.41, 5.74) is 0. The van der Waals surface area contributed by atoms with Gasteiger partial charge in [0.2, 0.25) is 0 Å². The summed E-state index contributed by atoms with van der Waals surface area (Å²) in [7, 11) is 0. The van der Waals surface area contributed by atoms with Gasteiger partial charge in [0, 0.05) is 12.8 Å². The normalized spacial score (nSPS) is 12.6. The molecule has 0 bridgehead atoms. The predicted octanol–water partition coefficient (Wildman–Crippen LogP) is 1.22. The topological polar surface area (TPSA) is 121 Å². The van der Waals surface area contributed by atoms with E-state index in [1.165, 1.54) is 0 Å². The Balaban J connectivity index is 4.58. The molecule has 0 aromatic rings. The van der Waals surface area contributed by atoms with E-state index in [9.17, 15) is 28.8 Å². The Bertz CT molecular complexity index is 514. The van der Waals surface area contributed by atoms with Crippen LogP contribution in [0.3, 0.4) is 0 Å². The standard InChI is InChI=1S/C18H26O8/c1-5-25-17(23)15(11(3)19)13(21)9-7-8-10-14(22)16(12(4)20)18(24)26-6-2/h15-16H,5-10H2,1-4H3. The van der Waals surface area contributed by atoms with Crippen LogP contribution in [-0.4, -0.2) is 48.3 Å². The van der Waals surface area contributed by atoms with Crippen LogP contribution in [0.15, 0.2) is 0 Å². The fourth-order valence-electron chi connectivity index (χ4n) is 2.39. The van der Waals surface area contributed by atoms with E-state index < -0.39 is 46.9 Å². The Morgan fingerprint density at radius 3 is 1.19 bits per heavy atom. The van der Waals surface area contributed by atoms with E-state index >= 15 is 0 Å². The van der Waals surface area contributed by atoms with Crippen molar-refractivity contribution >= 4 is 35.1 Å². The van der Waals surface area contributed by atoms with Crippen LogP contribution in [0.25, 0.3) is 0 Å². The molecular formula is C18H26O8. The molecule has 0 N–H and O–H groups in total. The number of ketones is 4. The van der Waals surface area contributed by atoms with Crippen LogP contribution in [0.1, 0.15) is 53.4 Å². The largest absolute Gasteiger partial charge is 0.465 e. The molecule has 0 heterocycles. The van der Waals surface area contributed by atoms with Gasteiger partial charge in [-0.3, -0.25) is 28.8 Å². The molecule has 0 spiro atoms. The molecule has 0 rings (SSSR count). The molecule has 0 fully saturated rings. The van der Waals surface area contributed by atoms with Gasteiger partial charge in [0.1, 0.15) is 0 Å². The highest BCUT2D eigenvalue weighted by atomic mass is 16.5. The van der Waals surface area contributed by atoms with Crippen molar-refractivity contribution in [3.63, 3.8) is 0 Å². The molecule has 8 nitrogen and oxygen atoms in total. The molecule has 2 atom stereocenters. The zero-order valence-electron chi connectivity index (χ0n) is 15.7. The molecular weight excluding hydrogens is 344 g/mol. The van der Waals surface area contributed by atoms with Gasteiger partial charge in [-0.15, -0.1) is 0 Å². The Hall–Kier alpha value is -2.38. The zero-order chi connectivity index (χ0) is 20.3. The van der Waals surface area contributed by atoms with Gasteiger partial charge in [-0.1, -0.05) is 0 Å². The molecule has 0 aliphatic carbocycles. The third-order valence-electron chi connectivity index (χ3n) is 3.60. The van der Waals surface area contributed by atoms with E-state index in [1.54, 1.807) is 13.8 Å². The van der Waals surface area contributed by atoms with Crippen LogP contribution in [0.4, 0.5) is 0 Å². The number of hydrogen-bond donors (Lipinski definition) is 0. The third kappa shape index (κ3) is 7.67. The summed E-state index contributed by atoms with van der Waals surface area (Å²) in [4.78, 5) is 70.4. The second kappa shape index (κ2) is 12.1. The summed E-state index contributed by atoms with van der Waals surface area (Å²) in [5, 5.41) is 0. The highest BCUT2D eigenvalue weighted by Crippen LogP contribution is 2.14. The summed E-state index contributed by atoms with van der Waals surface area (Å²) >= 11 is 0. The molecule has 0 saturated heterocycles. The van der Waals surface area contributed by atoms with E-state index in [0.717, 1.165) is 13.8 Å². The van der Waals surface area contributed by atoms with Gasteiger partial charge < -0.3 is 9.47 Å². The molecule has 146 valence electrons. The lowest BCUT2D eigenvalue weighted by Crippen LogP contribution is -2.32. The Kier molecular flexibility index (Phi) is 10.9. The van der Waals surface area contributed by atoms with Crippen molar-refractivity contribution in [1.29, 1.82) is 0 Å². The predicted molar refractivity (Wildman–Crippen MR) is 90.1 cm³/mol. The van der Waals surface area contributed by atoms with Gasteiger partial charge in [-0.2, -0.15) is 0 Å². The fourth-order valence-corrected chi connectivity index (χ4v) is 2.39. The van der Waals surface area contributed by atoms with Crippen molar-refractivity contribution in [2.75, 3.05) is 13.2 Å². The second-order valence-electron chi connectivity index (χ2n) is 5.73. The van der Waals surface area contributed by atoms with Crippen LogP contribution >= 0.6 is 0 Å². The van der Waals surface area contributed by atoms with E-state index in [2.05, 4.69) is 0 Å². The third-order valence-corrected chi connectivity index (χ3v) is 3.60. The van der Waals surface area contributed by atoms with E-state index in [0.29, 0.717) is 0 Å². The number of carbonyl (C=O) groups excluding carboxylic acids is 6. The Morgan fingerprint density at radius 2 is 0.962 bits per heavy atom. The maximum atomic E-state index is 12.0. The number of Topliss-reactive ketones (excluding diaryl/α,β-unsaturated/α-hetero) is 4. The van der Waals surface area contributed by atoms with Crippen LogP contribution < -0.4 is 0 Å². The van der Waals surface area contributed by atoms with Crippen LogP contribution in [0, 0.1) is 11.8 Å². The summed E-state index contributed by atoms with van der Waals surface area (Å²) < 4.78 is 9.43. The Morgan fingerprint density at radius 1 is 0.654 bits per heavy atom. The van der Waals surface area contributed by atoms with Gasteiger partial charge in [-0.05, 0) is 40.5 Å². The van der Waals surface area contributed by atoms with E-state index in [-0.39, 0.29) is 38.9 Å². The number of hydrogen-bond acceptors (Lipinski definition) is 8. The molecule has 0 radical (unpaired) electrons. The fraction of sp³-hybridized carbons (Fsp3) is 0.667. The summed E-state index contributed by atoms with van der Waals surface area (Å²) in [6.07, 6.45) is 0.309. The quantitative estimate of drug-likeness (QED) is 0.269. The number of carbonyl (C=O) groups is 6. The van der Waals surface area contributed by atoms with Gasteiger partial charge >= 0.3 is 11.9 Å². The summed E-state index contributed by atoms with van der Waals surface area (Å²) in [6.45, 7) is 5.54. The molecule has 0 aromatic carbocycles. The van der Waals surface area contributed by atoms with Gasteiger partial charge in [-0.25, -0.2) is 0 Å². The lowest BCUT2D eigenvalue weighted by Gasteiger charge is -2.12. The number of rotatable bonds is 13. The van der Waals surface area contributed by atoms with Gasteiger partial charge in [0.25, 0.3) is 0 Å². The smallest absolute Gasteiger partial charge is 0.324 e. The van der Waals surface area contributed by atoms with Crippen molar-refractivity contribution in [1.82, 2.24) is 0 Å². The van der Waals surface area contributed by atoms with Crippen LogP contribution in [0.2, 0.25) is 0 Å². The van der Waals surface area contributed by atoms with Gasteiger partial charge in [0.05, 0.1) is 13.2 Å². The average Bonchev–Trinajstić information content (AvgIpc) is 2.51. The first-order valence-corrected chi connectivity index (χ1v) is 8.56.